The van der Waals surface area contributed by atoms with Crippen LogP contribution in [0.1, 0.15) is 18.2 Å². The summed E-state index contributed by atoms with van der Waals surface area (Å²) in [5.41, 5.74) is 3.76. The number of benzene rings is 1. The van der Waals surface area contributed by atoms with Gasteiger partial charge >= 0.3 is 0 Å². The molecule has 2 aromatic rings. The molecule has 0 saturated carbocycles. The van der Waals surface area contributed by atoms with Crippen molar-refractivity contribution in [2.45, 2.75) is 13.3 Å². The Hall–Kier alpha value is -1.42. The Balaban J connectivity index is 2.16. The first-order chi connectivity index (χ1) is 8.83. The number of nitrogens with zero attached hydrogens (tertiary/aromatic N) is 1. The van der Waals surface area contributed by atoms with Gasteiger partial charge in [0.2, 0.25) is 0 Å². The van der Waals surface area contributed by atoms with Crippen LogP contribution in [-0.4, -0.2) is 29.4 Å². The highest BCUT2D eigenvalue weighted by molar-refractivity contribution is 8.14. The summed E-state index contributed by atoms with van der Waals surface area (Å²) in [7, 11) is 1.71. The fourth-order valence-corrected chi connectivity index (χ4v) is 3.17. The van der Waals surface area contributed by atoms with Crippen molar-refractivity contribution in [3.05, 3.63) is 29.5 Å². The molecule has 4 heteroatoms. The summed E-state index contributed by atoms with van der Waals surface area (Å²) in [5, 5.41) is 2.42. The van der Waals surface area contributed by atoms with E-state index >= 15 is 0 Å². The lowest BCUT2D eigenvalue weighted by Crippen LogP contribution is -2.09. The van der Waals surface area contributed by atoms with Gasteiger partial charge in [-0.3, -0.25) is 4.99 Å². The molecule has 0 radical (unpaired) electrons. The number of fused-ring (bicyclic) bond motifs is 3. The molecule has 0 atom stereocenters. The molecule has 0 fully saturated rings. The molecule has 0 spiro atoms. The Morgan fingerprint density at radius 3 is 3.11 bits per heavy atom. The van der Waals surface area contributed by atoms with E-state index < -0.39 is 0 Å². The van der Waals surface area contributed by atoms with Gasteiger partial charge in [0.25, 0.3) is 0 Å². The van der Waals surface area contributed by atoms with Gasteiger partial charge in [0.15, 0.2) is 0 Å². The number of hydrogen-bond donors (Lipinski definition) is 1. The van der Waals surface area contributed by atoms with Crippen molar-refractivity contribution in [1.29, 1.82) is 0 Å². The van der Waals surface area contributed by atoms with Crippen molar-refractivity contribution in [1.82, 2.24) is 4.98 Å². The van der Waals surface area contributed by atoms with Gasteiger partial charge in [0, 0.05) is 17.4 Å². The van der Waals surface area contributed by atoms with Gasteiger partial charge in [-0.15, -0.1) is 11.8 Å². The van der Waals surface area contributed by atoms with Gasteiger partial charge in [0.1, 0.15) is 10.8 Å². The van der Waals surface area contributed by atoms with E-state index in [1.807, 2.05) is 17.8 Å². The van der Waals surface area contributed by atoms with Gasteiger partial charge in [-0.25, -0.2) is 0 Å². The van der Waals surface area contributed by atoms with E-state index in [4.69, 9.17) is 4.74 Å². The summed E-state index contributed by atoms with van der Waals surface area (Å²) in [6, 6.07) is 6.19. The summed E-state index contributed by atoms with van der Waals surface area (Å²) in [6.07, 6.45) is 1.01. The fourth-order valence-electron chi connectivity index (χ4n) is 2.40. The average molecular weight is 260 g/mol. The summed E-state index contributed by atoms with van der Waals surface area (Å²) >= 11 is 1.81. The Bertz CT molecular complexity index is 616. The maximum absolute atomic E-state index is 5.31. The van der Waals surface area contributed by atoms with E-state index in [0.717, 1.165) is 29.5 Å². The van der Waals surface area contributed by atoms with Crippen LogP contribution in [0.5, 0.6) is 5.75 Å². The number of H-pyrrole nitrogens is 1. The highest BCUT2D eigenvalue weighted by atomic mass is 32.2. The fraction of sp³-hybridized carbons (Fsp3) is 0.357. The van der Waals surface area contributed by atoms with E-state index in [1.165, 1.54) is 22.2 Å². The predicted molar refractivity (Wildman–Crippen MR) is 78.1 cm³/mol. The zero-order chi connectivity index (χ0) is 12.5. The molecule has 3 rings (SSSR count). The number of ether oxygens (including phenoxy) is 1. The van der Waals surface area contributed by atoms with Gasteiger partial charge < -0.3 is 9.72 Å². The average Bonchev–Trinajstić information content (AvgIpc) is 2.78. The summed E-state index contributed by atoms with van der Waals surface area (Å²) in [6.45, 7) is 3.05. The monoisotopic (exact) mass is 260 g/mol. The molecule has 0 unspecified atom stereocenters. The summed E-state index contributed by atoms with van der Waals surface area (Å²) in [5.74, 6) is 1.97. The molecule has 94 valence electrons. The molecular weight excluding hydrogens is 244 g/mol. The smallest absolute Gasteiger partial charge is 0.119 e. The molecule has 1 aromatic carbocycles. The molecule has 3 nitrogen and oxygen atoms in total. The molecule has 1 aromatic heterocycles. The number of nitrogens with one attached hydrogen (secondary N) is 1. The number of methoxy groups -OCH3 is 1. The van der Waals surface area contributed by atoms with Crippen LogP contribution < -0.4 is 4.74 Å². The molecule has 18 heavy (non-hydrogen) atoms. The lowest BCUT2D eigenvalue weighted by atomic mass is 10.1. The highest BCUT2D eigenvalue weighted by Gasteiger charge is 2.19. The number of thioether (sulfide) groups is 1. The minimum absolute atomic E-state index is 0.888. The van der Waals surface area contributed by atoms with Gasteiger partial charge in [-0.05, 0) is 35.9 Å². The second-order valence-electron chi connectivity index (χ2n) is 4.26. The zero-order valence-corrected chi connectivity index (χ0v) is 11.4. The third-order valence-electron chi connectivity index (χ3n) is 3.23. The Morgan fingerprint density at radius 2 is 2.33 bits per heavy atom. The molecule has 0 amide bonds. The van der Waals surface area contributed by atoms with E-state index in [2.05, 4.69) is 29.0 Å². The minimum Gasteiger partial charge on any atom is -0.497 e. The van der Waals surface area contributed by atoms with Crippen LogP contribution in [-0.2, 0) is 6.42 Å². The second-order valence-corrected chi connectivity index (χ2v) is 5.51. The minimum atomic E-state index is 0.888. The topological polar surface area (TPSA) is 37.4 Å². The van der Waals surface area contributed by atoms with E-state index in [0.29, 0.717) is 0 Å². The third kappa shape index (κ3) is 1.81. The lowest BCUT2D eigenvalue weighted by molar-refractivity contribution is 0.415. The van der Waals surface area contributed by atoms with Gasteiger partial charge in [-0.2, -0.15) is 0 Å². The van der Waals surface area contributed by atoms with Crippen molar-refractivity contribution in [3.8, 4) is 5.75 Å². The van der Waals surface area contributed by atoms with Crippen LogP contribution in [0.3, 0.4) is 0 Å². The van der Waals surface area contributed by atoms with E-state index in [-0.39, 0.29) is 0 Å². The van der Waals surface area contributed by atoms with Crippen LogP contribution >= 0.6 is 11.8 Å². The number of aliphatic imine (C=N–C) groups is 1. The van der Waals surface area contributed by atoms with Crippen LogP contribution in [0, 0.1) is 0 Å². The van der Waals surface area contributed by atoms with E-state index in [1.54, 1.807) is 7.11 Å². The van der Waals surface area contributed by atoms with Crippen LogP contribution in [0.25, 0.3) is 10.9 Å². The maximum Gasteiger partial charge on any atom is 0.119 e. The van der Waals surface area contributed by atoms with Gasteiger partial charge in [0.05, 0.1) is 12.8 Å². The normalized spacial score (nSPS) is 14.4. The van der Waals surface area contributed by atoms with Crippen LogP contribution in [0.2, 0.25) is 0 Å². The Labute approximate surface area is 111 Å². The number of aromatic amines is 1. The van der Waals surface area contributed by atoms with Crippen molar-refractivity contribution < 1.29 is 4.74 Å². The van der Waals surface area contributed by atoms with Crippen molar-refractivity contribution in [3.63, 3.8) is 0 Å². The highest BCUT2D eigenvalue weighted by Crippen LogP contribution is 2.31. The second kappa shape index (κ2) is 4.69. The molecule has 0 aliphatic carbocycles. The molecule has 1 aliphatic heterocycles. The molecule has 1 aliphatic rings. The van der Waals surface area contributed by atoms with Gasteiger partial charge in [-0.1, -0.05) is 6.92 Å². The standard InChI is InChI=1S/C14H16N2OS/c1-3-18-14-13-10(6-7-15-14)11-8-9(17-2)4-5-12(11)16-13/h4-5,8,16H,3,6-7H2,1-2H3. The van der Waals surface area contributed by atoms with E-state index in [9.17, 15) is 0 Å². The van der Waals surface area contributed by atoms with Crippen molar-refractivity contribution >= 4 is 27.7 Å². The number of rotatable bonds is 2. The zero-order valence-electron chi connectivity index (χ0n) is 10.6. The molecule has 0 saturated heterocycles. The lowest BCUT2D eigenvalue weighted by Gasteiger charge is -2.11. The first kappa shape index (κ1) is 11.7. The number of aromatic nitrogens is 1. The Morgan fingerprint density at radius 1 is 1.44 bits per heavy atom. The van der Waals surface area contributed by atoms with Crippen molar-refractivity contribution in [2.75, 3.05) is 19.4 Å². The first-order valence-electron chi connectivity index (χ1n) is 6.19. The summed E-state index contributed by atoms with van der Waals surface area (Å²) in [4.78, 5) is 8.11. The summed E-state index contributed by atoms with van der Waals surface area (Å²) < 4.78 is 5.31. The number of hydrogen-bond acceptors (Lipinski definition) is 3. The van der Waals surface area contributed by atoms with Crippen molar-refractivity contribution in [2.24, 2.45) is 4.99 Å². The van der Waals surface area contributed by atoms with Crippen LogP contribution in [0.15, 0.2) is 23.2 Å². The maximum atomic E-state index is 5.31. The first-order valence-corrected chi connectivity index (χ1v) is 7.18. The Kier molecular flexibility index (Phi) is 3.04. The molecule has 2 heterocycles. The third-order valence-corrected chi connectivity index (χ3v) is 4.12. The molecule has 0 bridgehead atoms. The largest absolute Gasteiger partial charge is 0.497 e. The molecule has 1 N–H and O–H groups in total. The molecular formula is C14H16N2OS. The van der Waals surface area contributed by atoms with Crippen LogP contribution in [0.4, 0.5) is 0 Å². The quantitative estimate of drug-likeness (QED) is 0.900. The predicted octanol–water partition coefficient (Wildman–Crippen LogP) is 3.23. The SMILES string of the molecule is CCSC1=NCCc2c1[nH]c1ccc(OC)cc21.